The molecule has 0 unspecified atom stereocenters. The number of hydrogen-bond acceptors (Lipinski definition) is 5. The van der Waals surface area contributed by atoms with E-state index in [4.69, 9.17) is 4.74 Å². The molecule has 0 aliphatic heterocycles. The summed E-state index contributed by atoms with van der Waals surface area (Å²) in [6.45, 7) is 3.45. The summed E-state index contributed by atoms with van der Waals surface area (Å²) < 4.78 is 32.5. The van der Waals surface area contributed by atoms with E-state index < -0.39 is 10.0 Å². The molecule has 0 aliphatic carbocycles. The largest absolute Gasteiger partial charge is 0.481 e. The van der Waals surface area contributed by atoms with Gasteiger partial charge in [-0.3, -0.25) is 10.1 Å². The van der Waals surface area contributed by atoms with Gasteiger partial charge < -0.3 is 4.74 Å². The zero-order valence-electron chi connectivity index (χ0n) is 14.4. The minimum absolute atomic E-state index is 0.00493. The number of hydrogen-bond donors (Lipinski definition) is 2. The van der Waals surface area contributed by atoms with E-state index in [1.807, 2.05) is 30.3 Å². The van der Waals surface area contributed by atoms with Crippen LogP contribution in [0.2, 0.25) is 0 Å². The van der Waals surface area contributed by atoms with Crippen molar-refractivity contribution in [2.75, 3.05) is 13.2 Å². The smallest absolute Gasteiger partial charge is 0.245 e. The van der Waals surface area contributed by atoms with E-state index in [-0.39, 0.29) is 18.0 Å². The Hall–Kier alpha value is -2.89. The van der Waals surface area contributed by atoms with Crippen LogP contribution in [-0.4, -0.2) is 36.8 Å². The molecule has 134 valence electrons. The molecule has 0 fully saturated rings. The maximum atomic E-state index is 12.2. The lowest BCUT2D eigenvalue weighted by Gasteiger charge is -2.04. The third-order valence-corrected chi connectivity index (χ3v) is 5.36. The molecule has 0 aliphatic rings. The topological polar surface area (TPSA) is 97.0 Å². The highest BCUT2D eigenvalue weighted by Crippen LogP contribution is 2.18. The Labute approximate surface area is 151 Å². The second-order valence-electron chi connectivity index (χ2n) is 5.59. The number of fused-ring (bicyclic) bond motifs is 1. The summed E-state index contributed by atoms with van der Waals surface area (Å²) in [7, 11) is -3.64. The zero-order valence-corrected chi connectivity index (χ0v) is 15.2. The lowest BCUT2D eigenvalue weighted by molar-refractivity contribution is 0.370. The second kappa shape index (κ2) is 7.56. The van der Waals surface area contributed by atoms with E-state index in [2.05, 4.69) is 31.7 Å². The summed E-state index contributed by atoms with van der Waals surface area (Å²) in [6, 6.07) is 9.46. The predicted octanol–water partition coefficient (Wildman–Crippen LogP) is 1.94. The molecule has 0 atom stereocenters. The maximum absolute atomic E-state index is 12.2. The van der Waals surface area contributed by atoms with Gasteiger partial charge in [-0.2, -0.15) is 9.82 Å². The first-order valence-electron chi connectivity index (χ1n) is 7.92. The number of ether oxygens (including phenoxy) is 1. The standard InChI is InChI=1S/C18H18N4O3S/c1-13-18(14(2)22-21-13)26(23,24)20-10-3-4-11-25-16-8-7-15-6-5-9-19-17(15)12-16/h5-9,12,20H,10-11H2,1-2H3,(H,21,22). The van der Waals surface area contributed by atoms with Gasteiger partial charge in [0.1, 0.15) is 17.3 Å². The van der Waals surface area contributed by atoms with E-state index in [1.54, 1.807) is 20.0 Å². The average Bonchev–Trinajstić information content (AvgIpc) is 2.97. The molecule has 2 N–H and O–H groups in total. The Morgan fingerprint density at radius 3 is 2.85 bits per heavy atom. The van der Waals surface area contributed by atoms with Crippen molar-refractivity contribution in [3.8, 4) is 17.6 Å². The molecule has 0 amide bonds. The molecule has 0 saturated heterocycles. The van der Waals surface area contributed by atoms with Crippen molar-refractivity contribution in [1.82, 2.24) is 19.9 Å². The molecule has 7 nitrogen and oxygen atoms in total. The molecule has 0 spiro atoms. The minimum Gasteiger partial charge on any atom is -0.481 e. The number of sulfonamides is 1. The molecule has 3 rings (SSSR count). The number of aromatic amines is 1. The van der Waals surface area contributed by atoms with Crippen molar-refractivity contribution in [1.29, 1.82) is 0 Å². The van der Waals surface area contributed by atoms with Crippen molar-refractivity contribution in [2.24, 2.45) is 0 Å². The number of pyridine rings is 1. The van der Waals surface area contributed by atoms with Gasteiger partial charge in [-0.25, -0.2) is 8.42 Å². The van der Waals surface area contributed by atoms with Gasteiger partial charge in [0.05, 0.1) is 23.4 Å². The number of benzene rings is 1. The fourth-order valence-corrected chi connectivity index (χ4v) is 3.80. The van der Waals surface area contributed by atoms with Gasteiger partial charge in [0, 0.05) is 17.6 Å². The monoisotopic (exact) mass is 370 g/mol. The number of aromatic nitrogens is 3. The highest BCUT2D eigenvalue weighted by Gasteiger charge is 2.21. The Balaban J connectivity index is 1.54. The van der Waals surface area contributed by atoms with Crippen LogP contribution in [0.4, 0.5) is 0 Å². The highest BCUT2D eigenvalue weighted by atomic mass is 32.2. The van der Waals surface area contributed by atoms with Crippen molar-refractivity contribution in [3.63, 3.8) is 0 Å². The first-order valence-corrected chi connectivity index (χ1v) is 9.40. The SMILES string of the molecule is Cc1n[nH]c(C)c1S(=O)(=O)NCC#CCOc1ccc2cccnc2c1. The summed E-state index contributed by atoms with van der Waals surface area (Å²) in [6.07, 6.45) is 1.72. The Kier molecular flexibility index (Phi) is 5.21. The van der Waals surface area contributed by atoms with Crippen molar-refractivity contribution < 1.29 is 13.2 Å². The van der Waals surface area contributed by atoms with Crippen LogP contribution >= 0.6 is 0 Å². The molecule has 8 heteroatoms. The van der Waals surface area contributed by atoms with Gasteiger partial charge in [-0.15, -0.1) is 0 Å². The van der Waals surface area contributed by atoms with E-state index in [9.17, 15) is 8.42 Å². The minimum atomic E-state index is -3.64. The Bertz CT molecular complexity index is 1070. The summed E-state index contributed by atoms with van der Waals surface area (Å²) >= 11 is 0. The van der Waals surface area contributed by atoms with Gasteiger partial charge in [0.15, 0.2) is 0 Å². The van der Waals surface area contributed by atoms with Crippen LogP contribution in [-0.2, 0) is 10.0 Å². The molecule has 2 heterocycles. The fraction of sp³-hybridized carbons (Fsp3) is 0.222. The van der Waals surface area contributed by atoms with Crippen molar-refractivity contribution >= 4 is 20.9 Å². The molecular weight excluding hydrogens is 352 g/mol. The summed E-state index contributed by atoms with van der Waals surface area (Å²) in [5.41, 5.74) is 1.77. The quantitative estimate of drug-likeness (QED) is 0.669. The molecule has 0 saturated carbocycles. The van der Waals surface area contributed by atoms with Crippen LogP contribution in [0, 0.1) is 25.7 Å². The van der Waals surface area contributed by atoms with E-state index >= 15 is 0 Å². The number of nitrogens with zero attached hydrogens (tertiary/aromatic N) is 2. The third kappa shape index (κ3) is 4.02. The summed E-state index contributed by atoms with van der Waals surface area (Å²) in [5.74, 6) is 6.19. The van der Waals surface area contributed by atoms with Crippen LogP contribution in [0.5, 0.6) is 5.75 Å². The average molecular weight is 370 g/mol. The van der Waals surface area contributed by atoms with E-state index in [0.717, 1.165) is 10.9 Å². The van der Waals surface area contributed by atoms with Gasteiger partial charge >= 0.3 is 0 Å². The first kappa shape index (κ1) is 17.9. The number of H-pyrrole nitrogens is 1. The third-order valence-electron chi connectivity index (χ3n) is 3.69. The lowest BCUT2D eigenvalue weighted by atomic mass is 10.2. The number of nitrogens with one attached hydrogen (secondary N) is 2. The van der Waals surface area contributed by atoms with Crippen LogP contribution in [0.3, 0.4) is 0 Å². The molecule has 0 radical (unpaired) electrons. The highest BCUT2D eigenvalue weighted by molar-refractivity contribution is 7.89. The van der Waals surface area contributed by atoms with Crippen molar-refractivity contribution in [3.05, 3.63) is 47.9 Å². The van der Waals surface area contributed by atoms with Crippen molar-refractivity contribution in [2.45, 2.75) is 18.7 Å². The molecule has 2 aromatic heterocycles. The lowest BCUT2D eigenvalue weighted by Crippen LogP contribution is -2.25. The van der Waals surface area contributed by atoms with Crippen LogP contribution in [0.25, 0.3) is 10.9 Å². The predicted molar refractivity (Wildman–Crippen MR) is 98.3 cm³/mol. The zero-order chi connectivity index (χ0) is 18.6. The number of aryl methyl sites for hydroxylation is 2. The Morgan fingerprint density at radius 2 is 2.08 bits per heavy atom. The molecular formula is C18H18N4O3S. The molecule has 0 bridgehead atoms. The molecule has 26 heavy (non-hydrogen) atoms. The van der Waals surface area contributed by atoms with Crippen LogP contribution in [0.1, 0.15) is 11.4 Å². The molecule has 1 aromatic carbocycles. The van der Waals surface area contributed by atoms with Gasteiger partial charge in [0.25, 0.3) is 0 Å². The normalized spacial score (nSPS) is 11.2. The van der Waals surface area contributed by atoms with Gasteiger partial charge in [-0.1, -0.05) is 17.9 Å². The summed E-state index contributed by atoms with van der Waals surface area (Å²) in [5, 5.41) is 7.58. The van der Waals surface area contributed by atoms with E-state index in [0.29, 0.717) is 17.1 Å². The van der Waals surface area contributed by atoms with Crippen LogP contribution in [0.15, 0.2) is 41.4 Å². The second-order valence-corrected chi connectivity index (χ2v) is 7.29. The summed E-state index contributed by atoms with van der Waals surface area (Å²) in [4.78, 5) is 4.43. The number of rotatable bonds is 5. The van der Waals surface area contributed by atoms with Crippen LogP contribution < -0.4 is 9.46 Å². The Morgan fingerprint density at radius 1 is 1.23 bits per heavy atom. The van der Waals surface area contributed by atoms with Gasteiger partial charge in [0.2, 0.25) is 10.0 Å². The fourth-order valence-electron chi connectivity index (χ4n) is 2.51. The van der Waals surface area contributed by atoms with E-state index in [1.165, 1.54) is 0 Å². The van der Waals surface area contributed by atoms with Gasteiger partial charge in [-0.05, 0) is 32.0 Å². The first-order chi connectivity index (χ1) is 12.5. The maximum Gasteiger partial charge on any atom is 0.245 e. The molecule has 3 aromatic rings.